The van der Waals surface area contributed by atoms with Crippen molar-refractivity contribution in [1.82, 2.24) is 4.90 Å². The van der Waals surface area contributed by atoms with Gasteiger partial charge >= 0.3 is 6.18 Å². The standard InChI is InChI=1S/C11H17F3N2O2/c12-11(13,14)9(7-15)8-16-3-1-10(2-4-16)18-6-5-17/h9-10,17H,1-6,8H2. The van der Waals surface area contributed by atoms with Crippen molar-refractivity contribution in [2.45, 2.75) is 25.1 Å². The Labute approximate surface area is 104 Å². The fourth-order valence-electron chi connectivity index (χ4n) is 1.95. The maximum Gasteiger partial charge on any atom is 0.405 e. The summed E-state index contributed by atoms with van der Waals surface area (Å²) in [5.74, 6) is -1.92. The Bertz CT molecular complexity index is 283. The number of nitrogens with zero attached hydrogens (tertiary/aromatic N) is 2. The highest BCUT2D eigenvalue weighted by molar-refractivity contribution is 4.91. The predicted molar refractivity (Wildman–Crippen MR) is 57.7 cm³/mol. The first-order valence-corrected chi connectivity index (χ1v) is 5.88. The third-order valence-corrected chi connectivity index (χ3v) is 2.97. The summed E-state index contributed by atoms with van der Waals surface area (Å²) in [5, 5.41) is 17.1. The number of nitriles is 1. The highest BCUT2D eigenvalue weighted by atomic mass is 19.4. The lowest BCUT2D eigenvalue weighted by Gasteiger charge is -2.33. The molecule has 0 aromatic carbocycles. The minimum Gasteiger partial charge on any atom is -0.394 e. The Morgan fingerprint density at radius 3 is 2.44 bits per heavy atom. The molecule has 1 fully saturated rings. The van der Waals surface area contributed by atoms with Crippen molar-refractivity contribution in [2.75, 3.05) is 32.8 Å². The van der Waals surface area contributed by atoms with Crippen molar-refractivity contribution in [2.24, 2.45) is 5.92 Å². The second kappa shape index (κ2) is 6.92. The van der Waals surface area contributed by atoms with Crippen molar-refractivity contribution in [3.8, 4) is 6.07 Å². The molecule has 0 bridgehead atoms. The number of alkyl halides is 3. The molecule has 1 atom stereocenters. The zero-order valence-electron chi connectivity index (χ0n) is 9.99. The van der Waals surface area contributed by atoms with Gasteiger partial charge in [-0.15, -0.1) is 0 Å². The summed E-state index contributed by atoms with van der Waals surface area (Å²) >= 11 is 0. The molecule has 1 heterocycles. The molecule has 0 radical (unpaired) electrons. The molecule has 0 aromatic heterocycles. The molecule has 1 saturated heterocycles. The van der Waals surface area contributed by atoms with Crippen molar-refractivity contribution >= 4 is 0 Å². The van der Waals surface area contributed by atoms with Crippen molar-refractivity contribution < 1.29 is 23.0 Å². The van der Waals surface area contributed by atoms with Crippen molar-refractivity contribution in [1.29, 1.82) is 5.26 Å². The zero-order chi connectivity index (χ0) is 13.6. The summed E-state index contributed by atoms with van der Waals surface area (Å²) in [6.07, 6.45) is -3.19. The topological polar surface area (TPSA) is 56.5 Å². The lowest BCUT2D eigenvalue weighted by Crippen LogP contribution is -2.42. The highest BCUT2D eigenvalue weighted by Gasteiger charge is 2.41. The minimum atomic E-state index is -4.46. The van der Waals surface area contributed by atoms with Gasteiger partial charge in [0.05, 0.1) is 25.4 Å². The van der Waals surface area contributed by atoms with Gasteiger partial charge in [-0.3, -0.25) is 0 Å². The van der Waals surface area contributed by atoms with Gasteiger partial charge in [0.1, 0.15) is 0 Å². The molecule has 1 N–H and O–H groups in total. The maximum atomic E-state index is 12.4. The van der Waals surface area contributed by atoms with E-state index < -0.39 is 12.1 Å². The Balaban J connectivity index is 2.33. The fraction of sp³-hybridized carbons (Fsp3) is 0.909. The predicted octanol–water partition coefficient (Wildman–Crippen LogP) is 1.16. The summed E-state index contributed by atoms with van der Waals surface area (Å²) in [6, 6.07) is 1.30. The largest absolute Gasteiger partial charge is 0.405 e. The second-order valence-electron chi connectivity index (χ2n) is 4.32. The number of piperidine rings is 1. The quantitative estimate of drug-likeness (QED) is 0.811. The monoisotopic (exact) mass is 266 g/mol. The number of halogens is 3. The van der Waals surface area contributed by atoms with E-state index in [0.717, 1.165) is 0 Å². The van der Waals surface area contributed by atoms with Gasteiger partial charge in [-0.25, -0.2) is 0 Å². The first-order valence-electron chi connectivity index (χ1n) is 5.88. The molecule has 0 amide bonds. The molecule has 7 heteroatoms. The van der Waals surface area contributed by atoms with Gasteiger partial charge in [0.2, 0.25) is 0 Å². The number of hydrogen-bond acceptors (Lipinski definition) is 4. The number of ether oxygens (including phenoxy) is 1. The second-order valence-corrected chi connectivity index (χ2v) is 4.32. The molecular weight excluding hydrogens is 249 g/mol. The first-order chi connectivity index (χ1) is 8.47. The number of rotatable bonds is 5. The van der Waals surface area contributed by atoms with E-state index in [9.17, 15) is 13.2 Å². The van der Waals surface area contributed by atoms with E-state index in [1.807, 2.05) is 0 Å². The SMILES string of the molecule is N#CC(CN1CCC(OCCO)CC1)C(F)(F)F. The van der Waals surface area contributed by atoms with Crippen LogP contribution >= 0.6 is 0 Å². The number of aliphatic hydroxyl groups is 1. The van der Waals surface area contributed by atoms with Gasteiger partial charge in [0, 0.05) is 19.6 Å². The van der Waals surface area contributed by atoms with Gasteiger partial charge in [0.15, 0.2) is 5.92 Å². The van der Waals surface area contributed by atoms with E-state index in [4.69, 9.17) is 15.1 Å². The van der Waals surface area contributed by atoms with Crippen molar-refractivity contribution in [3.63, 3.8) is 0 Å². The molecule has 0 aliphatic carbocycles. The van der Waals surface area contributed by atoms with Crippen LogP contribution in [0.5, 0.6) is 0 Å². The number of aliphatic hydroxyl groups excluding tert-OH is 1. The van der Waals surface area contributed by atoms with Gasteiger partial charge in [0.25, 0.3) is 0 Å². The molecule has 4 nitrogen and oxygen atoms in total. The van der Waals surface area contributed by atoms with Crippen LogP contribution in [0.15, 0.2) is 0 Å². The molecule has 1 unspecified atom stereocenters. The van der Waals surface area contributed by atoms with Crippen LogP contribution in [0.25, 0.3) is 0 Å². The zero-order valence-corrected chi connectivity index (χ0v) is 9.99. The summed E-state index contributed by atoms with van der Waals surface area (Å²) in [7, 11) is 0. The van der Waals surface area contributed by atoms with E-state index in [-0.39, 0.29) is 25.9 Å². The highest BCUT2D eigenvalue weighted by Crippen LogP contribution is 2.27. The molecule has 0 saturated carbocycles. The van der Waals surface area contributed by atoms with Crippen LogP contribution in [0, 0.1) is 17.2 Å². The van der Waals surface area contributed by atoms with Gasteiger partial charge in [-0.05, 0) is 12.8 Å². The Kier molecular flexibility index (Phi) is 5.85. The van der Waals surface area contributed by atoms with E-state index in [1.165, 1.54) is 6.07 Å². The number of hydrogen-bond donors (Lipinski definition) is 1. The van der Waals surface area contributed by atoms with Gasteiger partial charge in [-0.2, -0.15) is 18.4 Å². The van der Waals surface area contributed by atoms with E-state index in [0.29, 0.717) is 25.9 Å². The summed E-state index contributed by atoms with van der Waals surface area (Å²) in [4.78, 5) is 1.64. The summed E-state index contributed by atoms with van der Waals surface area (Å²) < 4.78 is 42.6. The van der Waals surface area contributed by atoms with Crippen molar-refractivity contribution in [3.05, 3.63) is 0 Å². The molecule has 0 aromatic rings. The molecule has 1 rings (SSSR count). The van der Waals surface area contributed by atoms with Crippen LogP contribution in [-0.4, -0.2) is 55.1 Å². The van der Waals surface area contributed by atoms with E-state index in [2.05, 4.69) is 0 Å². The van der Waals surface area contributed by atoms with Crippen LogP contribution in [0.1, 0.15) is 12.8 Å². The van der Waals surface area contributed by atoms with Gasteiger partial charge in [-0.1, -0.05) is 0 Å². The Hall–Kier alpha value is -0.840. The van der Waals surface area contributed by atoms with Crippen LogP contribution < -0.4 is 0 Å². The Morgan fingerprint density at radius 1 is 1.39 bits per heavy atom. The fourth-order valence-corrected chi connectivity index (χ4v) is 1.95. The average molecular weight is 266 g/mol. The van der Waals surface area contributed by atoms with Gasteiger partial charge < -0.3 is 14.7 Å². The van der Waals surface area contributed by atoms with Crippen LogP contribution in [0.3, 0.4) is 0 Å². The lowest BCUT2D eigenvalue weighted by atomic mass is 10.0. The normalized spacial score (nSPS) is 20.6. The van der Waals surface area contributed by atoms with Crippen LogP contribution in [-0.2, 0) is 4.74 Å². The molecule has 0 spiro atoms. The average Bonchev–Trinajstić information content (AvgIpc) is 2.33. The van der Waals surface area contributed by atoms with E-state index in [1.54, 1.807) is 4.90 Å². The number of likely N-dealkylation sites (tertiary alicyclic amines) is 1. The molecule has 104 valence electrons. The third kappa shape index (κ3) is 4.80. The maximum absolute atomic E-state index is 12.4. The van der Waals surface area contributed by atoms with Crippen LogP contribution in [0.2, 0.25) is 0 Å². The summed E-state index contributed by atoms with van der Waals surface area (Å²) in [6.45, 7) is 0.917. The summed E-state index contributed by atoms with van der Waals surface area (Å²) in [5.41, 5.74) is 0. The molecule has 1 aliphatic heterocycles. The molecule has 18 heavy (non-hydrogen) atoms. The first kappa shape index (κ1) is 15.2. The van der Waals surface area contributed by atoms with Crippen LogP contribution in [0.4, 0.5) is 13.2 Å². The minimum absolute atomic E-state index is 0.000164. The molecule has 1 aliphatic rings. The van der Waals surface area contributed by atoms with E-state index >= 15 is 0 Å². The third-order valence-electron chi connectivity index (χ3n) is 2.97. The smallest absolute Gasteiger partial charge is 0.394 e. The lowest BCUT2D eigenvalue weighted by molar-refractivity contribution is -0.164. The molecular formula is C11H17F3N2O2. The Morgan fingerprint density at radius 2 is 2.00 bits per heavy atom.